The van der Waals surface area contributed by atoms with Gasteiger partial charge in [-0.2, -0.15) is 0 Å². The summed E-state index contributed by atoms with van der Waals surface area (Å²) in [5.74, 6) is -0.568. The standard InChI is InChI=1S/C10H18O5/c1-10(2)14-7-6(5-11-3)13-9(12-4)8(7)15-10/h6-9H,5H2,1-4H3. The molecule has 2 fully saturated rings. The van der Waals surface area contributed by atoms with E-state index in [0.29, 0.717) is 6.61 Å². The summed E-state index contributed by atoms with van der Waals surface area (Å²) >= 11 is 0. The molecule has 0 bridgehead atoms. The zero-order valence-corrected chi connectivity index (χ0v) is 9.56. The lowest BCUT2D eigenvalue weighted by Gasteiger charge is -2.23. The van der Waals surface area contributed by atoms with Crippen LogP contribution in [0.5, 0.6) is 0 Å². The summed E-state index contributed by atoms with van der Waals surface area (Å²) in [7, 11) is 3.24. The lowest BCUT2D eigenvalue weighted by Crippen LogP contribution is -2.32. The molecule has 0 amide bonds. The minimum Gasteiger partial charge on any atom is -0.382 e. The van der Waals surface area contributed by atoms with Crippen LogP contribution in [-0.2, 0) is 23.7 Å². The first-order chi connectivity index (χ1) is 7.07. The Hall–Kier alpha value is -0.200. The van der Waals surface area contributed by atoms with Crippen molar-refractivity contribution in [2.45, 2.75) is 44.2 Å². The first-order valence-electron chi connectivity index (χ1n) is 5.10. The van der Waals surface area contributed by atoms with Crippen LogP contribution in [0.15, 0.2) is 0 Å². The fourth-order valence-electron chi connectivity index (χ4n) is 2.13. The normalized spacial score (nSPS) is 43.2. The summed E-state index contributed by atoms with van der Waals surface area (Å²) in [4.78, 5) is 0. The highest BCUT2D eigenvalue weighted by molar-refractivity contribution is 4.94. The van der Waals surface area contributed by atoms with Gasteiger partial charge in [0.1, 0.15) is 18.3 Å². The average Bonchev–Trinajstić information content (AvgIpc) is 2.61. The Bertz CT molecular complexity index is 230. The van der Waals surface area contributed by atoms with Crippen LogP contribution in [0.4, 0.5) is 0 Å². The molecule has 88 valence electrons. The molecule has 0 aliphatic carbocycles. The minimum atomic E-state index is -0.568. The summed E-state index contributed by atoms with van der Waals surface area (Å²) in [6, 6.07) is 0. The van der Waals surface area contributed by atoms with Gasteiger partial charge in [0.15, 0.2) is 12.1 Å². The van der Waals surface area contributed by atoms with Gasteiger partial charge >= 0.3 is 0 Å². The molecular formula is C10H18O5. The number of methoxy groups -OCH3 is 2. The molecule has 2 heterocycles. The maximum atomic E-state index is 5.76. The van der Waals surface area contributed by atoms with E-state index >= 15 is 0 Å². The first-order valence-corrected chi connectivity index (χ1v) is 5.10. The van der Waals surface area contributed by atoms with E-state index in [0.717, 1.165) is 0 Å². The number of hydrogen-bond donors (Lipinski definition) is 0. The second kappa shape index (κ2) is 3.99. The van der Waals surface area contributed by atoms with E-state index in [9.17, 15) is 0 Å². The molecule has 0 saturated carbocycles. The predicted octanol–water partition coefficient (Wildman–Crippen LogP) is 0.524. The largest absolute Gasteiger partial charge is 0.382 e. The van der Waals surface area contributed by atoms with Crippen molar-refractivity contribution in [2.24, 2.45) is 0 Å². The Morgan fingerprint density at radius 1 is 1.13 bits per heavy atom. The van der Waals surface area contributed by atoms with Crippen molar-refractivity contribution in [1.29, 1.82) is 0 Å². The van der Waals surface area contributed by atoms with Crippen molar-refractivity contribution in [3.8, 4) is 0 Å². The van der Waals surface area contributed by atoms with Crippen molar-refractivity contribution in [2.75, 3.05) is 20.8 Å². The van der Waals surface area contributed by atoms with E-state index in [-0.39, 0.29) is 24.6 Å². The fraction of sp³-hybridized carbons (Fsp3) is 1.00. The van der Waals surface area contributed by atoms with Crippen LogP contribution in [0.3, 0.4) is 0 Å². The highest BCUT2D eigenvalue weighted by Crippen LogP contribution is 2.38. The molecule has 0 spiro atoms. The SMILES string of the molecule is COCC1OC(OC)C2OC(C)(C)OC12. The van der Waals surface area contributed by atoms with Crippen molar-refractivity contribution >= 4 is 0 Å². The van der Waals surface area contributed by atoms with E-state index in [2.05, 4.69) is 0 Å². The van der Waals surface area contributed by atoms with Crippen LogP contribution in [-0.4, -0.2) is 51.2 Å². The van der Waals surface area contributed by atoms with E-state index in [1.165, 1.54) is 0 Å². The molecule has 2 rings (SSSR count). The highest BCUT2D eigenvalue weighted by Gasteiger charge is 2.55. The summed E-state index contributed by atoms with van der Waals surface area (Å²) < 4.78 is 27.4. The average molecular weight is 218 g/mol. The molecule has 4 atom stereocenters. The van der Waals surface area contributed by atoms with Gasteiger partial charge in [0.2, 0.25) is 0 Å². The van der Waals surface area contributed by atoms with Crippen LogP contribution in [0.1, 0.15) is 13.8 Å². The topological polar surface area (TPSA) is 46.2 Å². The summed E-state index contributed by atoms with van der Waals surface area (Å²) in [6.07, 6.45) is -0.751. The van der Waals surface area contributed by atoms with E-state index < -0.39 is 5.79 Å². The van der Waals surface area contributed by atoms with Gasteiger partial charge in [0.05, 0.1) is 6.61 Å². The molecule has 5 nitrogen and oxygen atoms in total. The summed E-state index contributed by atoms with van der Waals surface area (Å²) in [5, 5.41) is 0. The summed E-state index contributed by atoms with van der Waals surface area (Å²) in [6.45, 7) is 4.27. The number of hydrogen-bond acceptors (Lipinski definition) is 5. The quantitative estimate of drug-likeness (QED) is 0.691. The van der Waals surface area contributed by atoms with E-state index in [4.69, 9.17) is 23.7 Å². The van der Waals surface area contributed by atoms with Crippen molar-refractivity contribution in [1.82, 2.24) is 0 Å². The van der Waals surface area contributed by atoms with Crippen LogP contribution in [0.25, 0.3) is 0 Å². The molecule has 2 aliphatic heterocycles. The maximum absolute atomic E-state index is 5.76. The molecule has 0 radical (unpaired) electrons. The second-order valence-electron chi connectivity index (χ2n) is 4.30. The van der Waals surface area contributed by atoms with Gasteiger partial charge in [-0.25, -0.2) is 0 Å². The monoisotopic (exact) mass is 218 g/mol. The minimum absolute atomic E-state index is 0.107. The summed E-state index contributed by atoms with van der Waals surface area (Å²) in [5.41, 5.74) is 0. The van der Waals surface area contributed by atoms with Crippen molar-refractivity contribution in [3.63, 3.8) is 0 Å². The van der Waals surface area contributed by atoms with Gasteiger partial charge in [-0.05, 0) is 13.8 Å². The highest BCUT2D eigenvalue weighted by atomic mass is 16.8. The third-order valence-electron chi connectivity index (χ3n) is 2.67. The predicted molar refractivity (Wildman–Crippen MR) is 51.4 cm³/mol. The molecule has 0 N–H and O–H groups in total. The maximum Gasteiger partial charge on any atom is 0.186 e. The molecule has 2 saturated heterocycles. The van der Waals surface area contributed by atoms with Gasteiger partial charge in [0, 0.05) is 14.2 Å². The van der Waals surface area contributed by atoms with Crippen LogP contribution in [0.2, 0.25) is 0 Å². The van der Waals surface area contributed by atoms with Crippen molar-refractivity contribution in [3.05, 3.63) is 0 Å². The Labute approximate surface area is 89.6 Å². The van der Waals surface area contributed by atoms with Crippen molar-refractivity contribution < 1.29 is 23.7 Å². The first kappa shape index (κ1) is 11.3. The number of fused-ring (bicyclic) bond motifs is 1. The Morgan fingerprint density at radius 2 is 1.80 bits per heavy atom. The second-order valence-corrected chi connectivity index (χ2v) is 4.30. The van der Waals surface area contributed by atoms with E-state index in [1.54, 1.807) is 14.2 Å². The lowest BCUT2D eigenvalue weighted by atomic mass is 10.1. The fourth-order valence-corrected chi connectivity index (χ4v) is 2.13. The van der Waals surface area contributed by atoms with Crippen LogP contribution >= 0.6 is 0 Å². The third-order valence-corrected chi connectivity index (χ3v) is 2.67. The Kier molecular flexibility index (Phi) is 3.00. The molecule has 2 aliphatic rings. The molecule has 4 unspecified atom stereocenters. The molecular weight excluding hydrogens is 200 g/mol. The van der Waals surface area contributed by atoms with Crippen LogP contribution in [0, 0.1) is 0 Å². The Balaban J connectivity index is 2.08. The number of ether oxygens (including phenoxy) is 5. The van der Waals surface area contributed by atoms with Crippen LogP contribution < -0.4 is 0 Å². The molecule has 15 heavy (non-hydrogen) atoms. The lowest BCUT2D eigenvalue weighted by molar-refractivity contribution is -0.231. The Morgan fingerprint density at radius 3 is 2.40 bits per heavy atom. The number of rotatable bonds is 3. The zero-order chi connectivity index (χ0) is 11.1. The smallest absolute Gasteiger partial charge is 0.186 e. The van der Waals surface area contributed by atoms with Gasteiger partial charge in [-0.15, -0.1) is 0 Å². The molecule has 5 heteroatoms. The van der Waals surface area contributed by atoms with Gasteiger partial charge < -0.3 is 23.7 Å². The zero-order valence-electron chi connectivity index (χ0n) is 9.56. The van der Waals surface area contributed by atoms with Gasteiger partial charge in [0.25, 0.3) is 0 Å². The molecule has 0 aromatic heterocycles. The third kappa shape index (κ3) is 2.03. The van der Waals surface area contributed by atoms with Gasteiger partial charge in [-0.1, -0.05) is 0 Å². The molecule has 0 aromatic rings. The van der Waals surface area contributed by atoms with Gasteiger partial charge in [-0.3, -0.25) is 0 Å². The van der Waals surface area contributed by atoms with E-state index in [1.807, 2.05) is 13.8 Å². The molecule has 0 aromatic carbocycles.